The van der Waals surface area contributed by atoms with Crippen molar-refractivity contribution in [3.63, 3.8) is 0 Å². The van der Waals surface area contributed by atoms with Crippen LogP contribution in [0.15, 0.2) is 83.5 Å². The Morgan fingerprint density at radius 3 is 2.38 bits per heavy atom. The molecule has 0 N–H and O–H groups in total. The molecule has 1 heterocycles. The predicted molar refractivity (Wildman–Crippen MR) is 114 cm³/mol. The van der Waals surface area contributed by atoms with Crippen molar-refractivity contribution in [1.29, 1.82) is 0 Å². The molecule has 6 heteroatoms. The van der Waals surface area contributed by atoms with E-state index in [1.165, 1.54) is 0 Å². The van der Waals surface area contributed by atoms with Crippen molar-refractivity contribution >= 4 is 41.0 Å². The fraction of sp³-hybridized carbons (Fsp3) is 0.0435. The van der Waals surface area contributed by atoms with Crippen LogP contribution in [0.2, 0.25) is 10.0 Å². The van der Waals surface area contributed by atoms with Crippen molar-refractivity contribution in [3.8, 4) is 5.75 Å². The van der Waals surface area contributed by atoms with Gasteiger partial charge in [0.05, 0.1) is 10.6 Å². The normalized spacial score (nSPS) is 14.6. The average molecular weight is 424 g/mol. The van der Waals surface area contributed by atoms with Gasteiger partial charge in [0.1, 0.15) is 18.1 Å². The minimum atomic E-state index is -0.547. The zero-order valence-electron chi connectivity index (χ0n) is 15.1. The SMILES string of the molecule is O=C1ON=C(c2ccccc2)/C1=C/c1cc(Cl)cc(Cl)c1OCc1ccccc1. The second-order valence-electron chi connectivity index (χ2n) is 6.32. The molecule has 144 valence electrons. The fourth-order valence-electron chi connectivity index (χ4n) is 2.94. The lowest BCUT2D eigenvalue weighted by Crippen LogP contribution is -2.07. The summed E-state index contributed by atoms with van der Waals surface area (Å²) in [4.78, 5) is 17.2. The number of carbonyl (C=O) groups is 1. The van der Waals surface area contributed by atoms with E-state index in [1.807, 2.05) is 60.7 Å². The van der Waals surface area contributed by atoms with Gasteiger partial charge in [-0.2, -0.15) is 0 Å². The molecule has 0 saturated carbocycles. The highest BCUT2D eigenvalue weighted by molar-refractivity contribution is 6.36. The average Bonchev–Trinajstić information content (AvgIpc) is 3.09. The van der Waals surface area contributed by atoms with Crippen molar-refractivity contribution in [2.24, 2.45) is 5.16 Å². The molecule has 0 amide bonds. The maximum Gasteiger partial charge on any atom is 0.368 e. The zero-order valence-corrected chi connectivity index (χ0v) is 16.7. The second-order valence-corrected chi connectivity index (χ2v) is 7.17. The van der Waals surface area contributed by atoms with Crippen LogP contribution >= 0.6 is 23.2 Å². The summed E-state index contributed by atoms with van der Waals surface area (Å²) in [7, 11) is 0. The van der Waals surface area contributed by atoms with Gasteiger partial charge in [-0.25, -0.2) is 4.79 Å². The first-order valence-corrected chi connectivity index (χ1v) is 9.60. The first-order valence-electron chi connectivity index (χ1n) is 8.84. The van der Waals surface area contributed by atoms with Crippen LogP contribution in [-0.4, -0.2) is 11.7 Å². The minimum Gasteiger partial charge on any atom is -0.487 e. The first kappa shape index (κ1) is 19.2. The van der Waals surface area contributed by atoms with Crippen LogP contribution in [0.1, 0.15) is 16.7 Å². The number of hydrogen-bond acceptors (Lipinski definition) is 4. The highest BCUT2D eigenvalue weighted by Gasteiger charge is 2.27. The topological polar surface area (TPSA) is 47.9 Å². The van der Waals surface area contributed by atoms with Crippen molar-refractivity contribution in [2.75, 3.05) is 0 Å². The van der Waals surface area contributed by atoms with Crippen molar-refractivity contribution in [3.05, 3.63) is 105 Å². The molecule has 3 aromatic carbocycles. The standard InChI is InChI=1S/C23H15Cl2NO3/c24-18-11-17(22(20(25)13-18)28-14-15-7-3-1-4-8-15)12-19-21(26-29-23(19)27)16-9-5-2-6-10-16/h1-13H,14H2/b19-12-. The highest BCUT2D eigenvalue weighted by Crippen LogP contribution is 2.35. The molecule has 0 spiro atoms. The molecule has 1 aliphatic rings. The van der Waals surface area contributed by atoms with E-state index >= 15 is 0 Å². The summed E-state index contributed by atoms with van der Waals surface area (Å²) in [6.45, 7) is 0.322. The molecule has 3 aromatic rings. The van der Waals surface area contributed by atoms with E-state index in [4.69, 9.17) is 32.8 Å². The Morgan fingerprint density at radius 1 is 0.966 bits per heavy atom. The number of ether oxygens (including phenoxy) is 1. The van der Waals surface area contributed by atoms with E-state index in [1.54, 1.807) is 18.2 Å². The monoisotopic (exact) mass is 423 g/mol. The quantitative estimate of drug-likeness (QED) is 0.378. The highest BCUT2D eigenvalue weighted by atomic mass is 35.5. The van der Waals surface area contributed by atoms with Gasteiger partial charge in [-0.05, 0) is 23.8 Å². The molecule has 0 unspecified atom stereocenters. The van der Waals surface area contributed by atoms with Gasteiger partial charge in [-0.15, -0.1) is 0 Å². The third kappa shape index (κ3) is 4.34. The summed E-state index contributed by atoms with van der Waals surface area (Å²) in [5.74, 6) is -0.117. The molecule has 1 aliphatic heterocycles. The van der Waals surface area contributed by atoms with E-state index in [0.29, 0.717) is 39.2 Å². The molecular formula is C23H15Cl2NO3. The lowest BCUT2D eigenvalue weighted by molar-refractivity contribution is -0.136. The van der Waals surface area contributed by atoms with Crippen LogP contribution in [0.3, 0.4) is 0 Å². The largest absolute Gasteiger partial charge is 0.487 e. The molecule has 0 aromatic heterocycles. The van der Waals surface area contributed by atoms with Crippen molar-refractivity contribution in [1.82, 2.24) is 0 Å². The zero-order chi connectivity index (χ0) is 20.2. The van der Waals surface area contributed by atoms with Gasteiger partial charge in [0, 0.05) is 16.1 Å². The second kappa shape index (κ2) is 8.52. The summed E-state index contributed by atoms with van der Waals surface area (Å²) in [6, 6.07) is 22.3. The molecular weight excluding hydrogens is 409 g/mol. The van der Waals surface area contributed by atoms with Crippen LogP contribution < -0.4 is 4.74 Å². The van der Waals surface area contributed by atoms with Crippen LogP contribution in [0.5, 0.6) is 5.75 Å². The molecule has 0 saturated heterocycles. The summed E-state index contributed by atoms with van der Waals surface area (Å²) < 4.78 is 5.97. The van der Waals surface area contributed by atoms with Gasteiger partial charge in [0.2, 0.25) is 0 Å². The number of benzene rings is 3. The summed E-state index contributed by atoms with van der Waals surface area (Å²) in [5.41, 5.74) is 3.07. The molecule has 4 rings (SSSR count). The third-order valence-corrected chi connectivity index (χ3v) is 4.80. The Morgan fingerprint density at radius 2 is 1.66 bits per heavy atom. The minimum absolute atomic E-state index is 0.305. The van der Waals surface area contributed by atoms with Crippen molar-refractivity contribution in [2.45, 2.75) is 6.61 Å². The van der Waals surface area contributed by atoms with Gasteiger partial charge < -0.3 is 9.57 Å². The Labute approximate surface area is 178 Å². The first-order chi connectivity index (χ1) is 14.1. The molecule has 4 nitrogen and oxygen atoms in total. The number of oxime groups is 1. The van der Waals surface area contributed by atoms with Crippen LogP contribution in [0, 0.1) is 0 Å². The molecule has 0 bridgehead atoms. The number of nitrogens with zero attached hydrogens (tertiary/aromatic N) is 1. The van der Waals surface area contributed by atoms with Gasteiger partial charge in [0.15, 0.2) is 0 Å². The lowest BCUT2D eigenvalue weighted by atomic mass is 10.0. The number of carbonyl (C=O) groups excluding carboxylic acids is 1. The number of halogens is 2. The fourth-order valence-corrected chi connectivity index (χ4v) is 3.50. The smallest absolute Gasteiger partial charge is 0.368 e. The summed E-state index contributed by atoms with van der Waals surface area (Å²) in [5, 5.41) is 4.71. The van der Waals surface area contributed by atoms with E-state index < -0.39 is 5.97 Å². The number of rotatable bonds is 5. The Balaban J connectivity index is 1.72. The van der Waals surface area contributed by atoms with Gasteiger partial charge >= 0.3 is 5.97 Å². The van der Waals surface area contributed by atoms with Crippen LogP contribution in [-0.2, 0) is 16.2 Å². The molecule has 0 radical (unpaired) electrons. The van der Waals surface area contributed by atoms with Crippen molar-refractivity contribution < 1.29 is 14.4 Å². The molecule has 0 atom stereocenters. The van der Waals surface area contributed by atoms with Crippen LogP contribution in [0.4, 0.5) is 0 Å². The van der Waals surface area contributed by atoms with E-state index in [9.17, 15) is 4.79 Å². The van der Waals surface area contributed by atoms with E-state index in [-0.39, 0.29) is 0 Å². The molecule has 0 fully saturated rings. The summed E-state index contributed by atoms with van der Waals surface area (Å²) >= 11 is 12.6. The van der Waals surface area contributed by atoms with Crippen LogP contribution in [0.25, 0.3) is 6.08 Å². The van der Waals surface area contributed by atoms with Gasteiger partial charge in [-0.3, -0.25) is 0 Å². The maximum atomic E-state index is 12.3. The lowest BCUT2D eigenvalue weighted by Gasteiger charge is -2.12. The number of hydrogen-bond donors (Lipinski definition) is 0. The Bertz CT molecular complexity index is 1110. The predicted octanol–water partition coefficient (Wildman–Crippen LogP) is 5.92. The van der Waals surface area contributed by atoms with Gasteiger partial charge in [-0.1, -0.05) is 89.0 Å². The maximum absolute atomic E-state index is 12.3. The van der Waals surface area contributed by atoms with Gasteiger partial charge in [0.25, 0.3) is 0 Å². The summed E-state index contributed by atoms with van der Waals surface area (Å²) in [6.07, 6.45) is 1.64. The molecule has 0 aliphatic carbocycles. The Hall–Kier alpha value is -3.08. The molecule has 29 heavy (non-hydrogen) atoms. The van der Waals surface area contributed by atoms with E-state index in [0.717, 1.165) is 11.1 Å². The van der Waals surface area contributed by atoms with E-state index in [2.05, 4.69) is 5.16 Å². The Kier molecular flexibility index (Phi) is 5.65. The third-order valence-electron chi connectivity index (χ3n) is 4.31.